The summed E-state index contributed by atoms with van der Waals surface area (Å²) < 4.78 is 64.1. The van der Waals surface area contributed by atoms with E-state index in [1.165, 1.54) is 17.8 Å². The molecular formula is C33H44F4N4O4. The molecule has 248 valence electrons. The molecule has 2 fully saturated rings. The van der Waals surface area contributed by atoms with Crippen LogP contribution >= 0.6 is 0 Å². The highest BCUT2D eigenvalue weighted by atomic mass is 19.4. The summed E-state index contributed by atoms with van der Waals surface area (Å²) in [6, 6.07) is 1.43. The van der Waals surface area contributed by atoms with E-state index < -0.39 is 58.6 Å². The zero-order chi connectivity index (χ0) is 32.9. The van der Waals surface area contributed by atoms with Crippen molar-refractivity contribution in [2.45, 2.75) is 109 Å². The number of amides is 2. The summed E-state index contributed by atoms with van der Waals surface area (Å²) >= 11 is 0. The van der Waals surface area contributed by atoms with Crippen molar-refractivity contribution in [2.75, 3.05) is 12.4 Å². The summed E-state index contributed by atoms with van der Waals surface area (Å²) in [5.41, 5.74) is -2.28. The molecule has 8 nitrogen and oxygen atoms in total. The normalized spacial score (nSPS) is 18.1. The number of carbonyl (C=O) groups excluding carboxylic acids is 3. The molecular weight excluding hydrogens is 592 g/mol. The smallest absolute Gasteiger partial charge is 0.416 e. The summed E-state index contributed by atoms with van der Waals surface area (Å²) in [6.07, 6.45) is 6.14. The van der Waals surface area contributed by atoms with Crippen LogP contribution in [0.4, 0.5) is 23.2 Å². The van der Waals surface area contributed by atoms with Gasteiger partial charge in [0.2, 0.25) is 5.91 Å². The van der Waals surface area contributed by atoms with E-state index in [9.17, 15) is 27.6 Å². The van der Waals surface area contributed by atoms with Crippen molar-refractivity contribution in [1.29, 1.82) is 0 Å². The Morgan fingerprint density at radius 1 is 0.956 bits per heavy atom. The van der Waals surface area contributed by atoms with Crippen molar-refractivity contribution in [3.63, 3.8) is 0 Å². The number of anilines is 1. The van der Waals surface area contributed by atoms with Gasteiger partial charge in [-0.2, -0.15) is 18.3 Å². The number of alkyl halides is 3. The third kappa shape index (κ3) is 8.05. The van der Waals surface area contributed by atoms with Crippen LogP contribution in [0.3, 0.4) is 0 Å². The first-order valence-corrected chi connectivity index (χ1v) is 16.0. The van der Waals surface area contributed by atoms with Gasteiger partial charge < -0.3 is 15.4 Å². The number of ether oxygens (including phenoxy) is 1. The predicted molar refractivity (Wildman–Crippen MR) is 161 cm³/mol. The van der Waals surface area contributed by atoms with E-state index in [4.69, 9.17) is 0 Å². The van der Waals surface area contributed by atoms with E-state index in [-0.39, 0.29) is 29.5 Å². The van der Waals surface area contributed by atoms with E-state index in [1.807, 2.05) is 13.8 Å². The lowest BCUT2D eigenvalue weighted by atomic mass is 9.66. The third-order valence-corrected chi connectivity index (χ3v) is 9.46. The Hall–Kier alpha value is -3.44. The Morgan fingerprint density at radius 3 is 2.04 bits per heavy atom. The van der Waals surface area contributed by atoms with Crippen molar-refractivity contribution in [2.24, 2.45) is 17.8 Å². The van der Waals surface area contributed by atoms with Gasteiger partial charge in [0.05, 0.1) is 24.3 Å². The van der Waals surface area contributed by atoms with Crippen LogP contribution in [0.15, 0.2) is 24.4 Å². The number of methoxy groups -OCH3 is 1. The Kier molecular flexibility index (Phi) is 11.3. The van der Waals surface area contributed by atoms with Crippen LogP contribution in [0, 0.1) is 23.6 Å². The van der Waals surface area contributed by atoms with E-state index >= 15 is 4.39 Å². The minimum absolute atomic E-state index is 0.117. The van der Waals surface area contributed by atoms with Crippen molar-refractivity contribution in [1.82, 2.24) is 15.1 Å². The largest absolute Gasteiger partial charge is 0.469 e. The molecule has 0 spiro atoms. The highest BCUT2D eigenvalue weighted by molar-refractivity contribution is 6.01. The van der Waals surface area contributed by atoms with Gasteiger partial charge in [0, 0.05) is 12.2 Å². The summed E-state index contributed by atoms with van der Waals surface area (Å²) in [4.78, 5) is 40.0. The SMILES string of the molecule is COC(=O)C(C)c1cc(F)c(NC(=O)C(NC(=O)c2ccnn2C(C)C)C(C2CCCCC2)C2CCCCC2)cc1C(F)(F)F. The van der Waals surface area contributed by atoms with Crippen LogP contribution < -0.4 is 10.6 Å². The molecule has 2 atom stereocenters. The van der Waals surface area contributed by atoms with Crippen LogP contribution in [0.1, 0.15) is 119 Å². The van der Waals surface area contributed by atoms with Crippen LogP contribution in [-0.4, -0.2) is 40.7 Å². The predicted octanol–water partition coefficient (Wildman–Crippen LogP) is 7.41. The molecule has 2 aliphatic carbocycles. The Labute approximate surface area is 261 Å². The zero-order valence-electron chi connectivity index (χ0n) is 26.4. The van der Waals surface area contributed by atoms with E-state index in [1.54, 1.807) is 6.07 Å². The second-order valence-corrected chi connectivity index (χ2v) is 12.7. The minimum Gasteiger partial charge on any atom is -0.469 e. The second-order valence-electron chi connectivity index (χ2n) is 12.7. The lowest BCUT2D eigenvalue weighted by Crippen LogP contribution is -2.53. The summed E-state index contributed by atoms with van der Waals surface area (Å²) in [6.45, 7) is 4.93. The summed E-state index contributed by atoms with van der Waals surface area (Å²) in [7, 11) is 1.04. The van der Waals surface area contributed by atoms with Gasteiger partial charge in [-0.15, -0.1) is 0 Å². The number of rotatable bonds is 10. The molecule has 1 aromatic carbocycles. The number of hydrogen-bond acceptors (Lipinski definition) is 5. The van der Waals surface area contributed by atoms with Gasteiger partial charge in [0.25, 0.3) is 5.91 Å². The topological polar surface area (TPSA) is 102 Å². The molecule has 2 aliphatic rings. The van der Waals surface area contributed by atoms with Crippen LogP contribution in [0.5, 0.6) is 0 Å². The van der Waals surface area contributed by atoms with E-state index in [0.717, 1.165) is 71.3 Å². The van der Waals surface area contributed by atoms with Crippen molar-refractivity contribution >= 4 is 23.5 Å². The summed E-state index contributed by atoms with van der Waals surface area (Å²) in [5, 5.41) is 9.57. The Morgan fingerprint density at radius 2 is 1.53 bits per heavy atom. The molecule has 12 heteroatoms. The van der Waals surface area contributed by atoms with Crippen LogP contribution in [-0.2, 0) is 20.5 Å². The van der Waals surface area contributed by atoms with Gasteiger partial charge in [-0.25, -0.2) is 4.39 Å². The zero-order valence-corrected chi connectivity index (χ0v) is 26.4. The second kappa shape index (κ2) is 14.8. The molecule has 2 unspecified atom stereocenters. The molecule has 0 saturated heterocycles. The monoisotopic (exact) mass is 636 g/mol. The first-order chi connectivity index (χ1) is 21.3. The van der Waals surface area contributed by atoms with Gasteiger partial charge in [-0.1, -0.05) is 64.2 Å². The maximum Gasteiger partial charge on any atom is 0.416 e. The number of nitrogens with one attached hydrogen (secondary N) is 2. The molecule has 0 aliphatic heterocycles. The maximum absolute atomic E-state index is 15.5. The average Bonchev–Trinajstić information content (AvgIpc) is 3.52. The summed E-state index contributed by atoms with van der Waals surface area (Å²) in [5.74, 6) is -4.84. The minimum atomic E-state index is -4.94. The fourth-order valence-electron chi connectivity index (χ4n) is 7.23. The number of carbonyl (C=O) groups is 3. The molecule has 2 saturated carbocycles. The lowest BCUT2D eigenvalue weighted by Gasteiger charge is -2.42. The number of halogens is 4. The van der Waals surface area contributed by atoms with E-state index in [0.29, 0.717) is 12.1 Å². The molecule has 2 amide bonds. The fraction of sp³-hybridized carbons (Fsp3) is 0.636. The fourth-order valence-corrected chi connectivity index (χ4v) is 7.23. The highest BCUT2D eigenvalue weighted by Crippen LogP contribution is 2.43. The van der Waals surface area contributed by atoms with Crippen molar-refractivity contribution in [3.05, 3.63) is 47.0 Å². The quantitative estimate of drug-likeness (QED) is 0.209. The molecule has 45 heavy (non-hydrogen) atoms. The van der Waals surface area contributed by atoms with Crippen molar-refractivity contribution < 1.29 is 36.7 Å². The van der Waals surface area contributed by atoms with Gasteiger partial charge in [0.15, 0.2) is 0 Å². The van der Waals surface area contributed by atoms with Gasteiger partial charge in [-0.3, -0.25) is 19.1 Å². The van der Waals surface area contributed by atoms with Crippen LogP contribution in [0.25, 0.3) is 0 Å². The Bertz CT molecular complexity index is 1330. The molecule has 0 radical (unpaired) electrons. The van der Waals surface area contributed by atoms with Gasteiger partial charge in [-0.05, 0) is 62.3 Å². The lowest BCUT2D eigenvalue weighted by molar-refractivity contribution is -0.143. The number of nitrogens with zero attached hydrogens (tertiary/aromatic N) is 2. The first-order valence-electron chi connectivity index (χ1n) is 16.0. The highest BCUT2D eigenvalue weighted by Gasteiger charge is 2.42. The number of benzene rings is 1. The number of hydrogen-bond donors (Lipinski definition) is 2. The Balaban J connectivity index is 1.75. The van der Waals surface area contributed by atoms with Gasteiger partial charge >= 0.3 is 12.1 Å². The van der Waals surface area contributed by atoms with Gasteiger partial charge in [0.1, 0.15) is 17.6 Å². The average molecular weight is 637 g/mol. The van der Waals surface area contributed by atoms with Crippen molar-refractivity contribution in [3.8, 4) is 0 Å². The van der Waals surface area contributed by atoms with E-state index in [2.05, 4.69) is 20.5 Å². The standard InChI is InChI=1S/C33H44F4N4O4/c1-19(2)41-27(15-16-38-41)30(42)40-29(28(21-11-7-5-8-12-21)22-13-9-6-10-14-22)31(43)39-26-18-24(33(35,36)37)23(17-25(26)34)20(3)32(44)45-4/h15-22,28-29H,5-14H2,1-4H3,(H,39,43)(H,40,42). The molecule has 4 rings (SSSR count). The number of aromatic nitrogens is 2. The molecule has 2 aromatic rings. The number of esters is 1. The molecule has 1 aromatic heterocycles. The first kappa shape index (κ1) is 34.4. The maximum atomic E-state index is 15.5. The van der Waals surface area contributed by atoms with Crippen LogP contribution in [0.2, 0.25) is 0 Å². The molecule has 0 bridgehead atoms. The molecule has 2 N–H and O–H groups in total. The molecule has 1 heterocycles. The third-order valence-electron chi connectivity index (χ3n) is 9.46.